The summed E-state index contributed by atoms with van der Waals surface area (Å²) < 4.78 is 0. The summed E-state index contributed by atoms with van der Waals surface area (Å²) in [6.45, 7) is 6.95. The van der Waals surface area contributed by atoms with Gasteiger partial charge in [-0.2, -0.15) is 0 Å². The lowest BCUT2D eigenvalue weighted by Crippen LogP contribution is -2.34. The van der Waals surface area contributed by atoms with Crippen LogP contribution in [-0.4, -0.2) is 6.04 Å². The highest BCUT2D eigenvalue weighted by Crippen LogP contribution is 2.35. The average Bonchev–Trinajstić information content (AvgIpc) is 2.71. The molecule has 0 aromatic heterocycles. The van der Waals surface area contributed by atoms with Gasteiger partial charge in [-0.1, -0.05) is 44.0 Å². The molecule has 1 aromatic carbocycles. The molecule has 100 valence electrons. The van der Waals surface area contributed by atoms with Gasteiger partial charge in [0.05, 0.1) is 0 Å². The highest BCUT2D eigenvalue weighted by Gasteiger charge is 2.32. The Balaban J connectivity index is 1.95. The van der Waals surface area contributed by atoms with Gasteiger partial charge in [0.1, 0.15) is 0 Å². The molecule has 18 heavy (non-hydrogen) atoms. The van der Waals surface area contributed by atoms with Crippen molar-refractivity contribution in [3.05, 3.63) is 34.9 Å². The number of benzene rings is 1. The summed E-state index contributed by atoms with van der Waals surface area (Å²) >= 11 is 5.93. The summed E-state index contributed by atoms with van der Waals surface area (Å²) in [7, 11) is 0. The Kier molecular flexibility index (Phi) is 4.69. The first-order chi connectivity index (χ1) is 8.61. The molecule has 0 bridgehead atoms. The van der Waals surface area contributed by atoms with Crippen LogP contribution >= 0.6 is 11.6 Å². The first-order valence-electron chi connectivity index (χ1n) is 7.13. The molecule has 2 rings (SSSR count). The molecular weight excluding hydrogens is 242 g/mol. The van der Waals surface area contributed by atoms with Crippen LogP contribution in [0.5, 0.6) is 0 Å². The Morgan fingerprint density at radius 2 is 1.94 bits per heavy atom. The number of hydrogen-bond acceptors (Lipinski definition) is 1. The summed E-state index contributed by atoms with van der Waals surface area (Å²) in [6, 6.07) is 9.27. The molecule has 1 N–H and O–H groups in total. The second-order valence-corrected chi connectivity index (χ2v) is 6.09. The van der Waals surface area contributed by atoms with E-state index in [1.165, 1.54) is 24.8 Å². The van der Waals surface area contributed by atoms with Crippen molar-refractivity contribution in [3.63, 3.8) is 0 Å². The molecule has 1 fully saturated rings. The average molecular weight is 266 g/mol. The molecule has 1 aliphatic carbocycles. The highest BCUT2D eigenvalue weighted by atomic mass is 35.5. The van der Waals surface area contributed by atoms with E-state index in [0.29, 0.717) is 12.1 Å². The molecule has 2 heteroatoms. The van der Waals surface area contributed by atoms with Crippen molar-refractivity contribution in [1.82, 2.24) is 5.32 Å². The van der Waals surface area contributed by atoms with Gasteiger partial charge in [-0.05, 0) is 49.3 Å². The van der Waals surface area contributed by atoms with Gasteiger partial charge >= 0.3 is 0 Å². The lowest BCUT2D eigenvalue weighted by molar-refractivity contribution is 0.327. The van der Waals surface area contributed by atoms with Crippen molar-refractivity contribution in [1.29, 1.82) is 0 Å². The van der Waals surface area contributed by atoms with Crippen molar-refractivity contribution < 1.29 is 0 Å². The van der Waals surface area contributed by atoms with Crippen LogP contribution in [-0.2, 0) is 0 Å². The lowest BCUT2D eigenvalue weighted by atomic mass is 9.93. The van der Waals surface area contributed by atoms with Crippen LogP contribution in [0.4, 0.5) is 0 Å². The van der Waals surface area contributed by atoms with E-state index < -0.39 is 0 Å². The van der Waals surface area contributed by atoms with E-state index in [1.54, 1.807) is 0 Å². The smallest absolute Gasteiger partial charge is 0.0406 e. The van der Waals surface area contributed by atoms with Gasteiger partial charge in [0.15, 0.2) is 0 Å². The fraction of sp³-hybridized carbons (Fsp3) is 0.625. The Hall–Kier alpha value is -0.530. The molecule has 1 aliphatic rings. The van der Waals surface area contributed by atoms with Crippen LogP contribution in [0, 0.1) is 11.8 Å². The van der Waals surface area contributed by atoms with Crippen molar-refractivity contribution in [2.75, 3.05) is 0 Å². The van der Waals surface area contributed by atoms with Gasteiger partial charge in [0.2, 0.25) is 0 Å². The Bertz CT molecular complexity index is 373. The minimum atomic E-state index is 0.408. The molecule has 1 nitrogen and oxygen atoms in total. The third kappa shape index (κ3) is 3.07. The lowest BCUT2D eigenvalue weighted by Gasteiger charge is -2.25. The quantitative estimate of drug-likeness (QED) is 0.823. The Morgan fingerprint density at radius 3 is 2.50 bits per heavy atom. The normalized spacial score (nSPS) is 29.4. The molecular formula is C16H24ClN. The molecule has 0 saturated heterocycles. The van der Waals surface area contributed by atoms with Crippen LogP contribution in [0.3, 0.4) is 0 Å². The van der Waals surface area contributed by atoms with Crippen molar-refractivity contribution in [2.24, 2.45) is 11.8 Å². The van der Waals surface area contributed by atoms with Gasteiger partial charge < -0.3 is 5.32 Å². The predicted octanol–water partition coefficient (Wildman–Crippen LogP) is 4.82. The van der Waals surface area contributed by atoms with Gasteiger partial charge in [-0.3, -0.25) is 0 Å². The monoisotopic (exact) mass is 265 g/mol. The van der Waals surface area contributed by atoms with E-state index in [-0.39, 0.29) is 0 Å². The molecule has 4 atom stereocenters. The molecule has 1 aromatic rings. The maximum atomic E-state index is 5.93. The van der Waals surface area contributed by atoms with Crippen LogP contribution in [0.15, 0.2) is 24.3 Å². The largest absolute Gasteiger partial charge is 0.307 e. The second-order valence-electron chi connectivity index (χ2n) is 5.65. The van der Waals surface area contributed by atoms with E-state index in [2.05, 4.69) is 38.2 Å². The van der Waals surface area contributed by atoms with E-state index in [0.717, 1.165) is 16.9 Å². The maximum absolute atomic E-state index is 5.93. The van der Waals surface area contributed by atoms with Crippen LogP contribution < -0.4 is 5.32 Å². The summed E-state index contributed by atoms with van der Waals surface area (Å²) in [4.78, 5) is 0. The molecule has 0 heterocycles. The second kappa shape index (κ2) is 6.08. The topological polar surface area (TPSA) is 12.0 Å². The Labute approximate surface area is 116 Å². The highest BCUT2D eigenvalue weighted by molar-refractivity contribution is 6.30. The zero-order valence-corrected chi connectivity index (χ0v) is 12.4. The first-order valence-corrected chi connectivity index (χ1v) is 7.51. The van der Waals surface area contributed by atoms with E-state index in [9.17, 15) is 0 Å². The summed E-state index contributed by atoms with van der Waals surface area (Å²) in [6.07, 6.45) is 4.01. The predicted molar refractivity (Wildman–Crippen MR) is 79.0 cm³/mol. The van der Waals surface area contributed by atoms with E-state index >= 15 is 0 Å². The third-order valence-electron chi connectivity index (χ3n) is 4.59. The summed E-state index contributed by atoms with van der Waals surface area (Å²) in [5.74, 6) is 1.70. The van der Waals surface area contributed by atoms with Gasteiger partial charge in [0, 0.05) is 17.1 Å². The third-order valence-corrected chi connectivity index (χ3v) is 4.84. The summed E-state index contributed by atoms with van der Waals surface area (Å²) in [5.41, 5.74) is 1.33. The zero-order valence-electron chi connectivity index (χ0n) is 11.6. The minimum absolute atomic E-state index is 0.408. The van der Waals surface area contributed by atoms with Crippen molar-refractivity contribution >= 4 is 11.6 Å². The van der Waals surface area contributed by atoms with Crippen molar-refractivity contribution in [2.45, 2.75) is 52.1 Å². The maximum Gasteiger partial charge on any atom is 0.0406 e. The standard InChI is InChI=1S/C16H24ClN/c1-4-13-7-10-16(11(13)2)18-12(3)14-5-8-15(17)9-6-14/h5-6,8-9,11-13,16,18H,4,7,10H2,1-3H3. The van der Waals surface area contributed by atoms with Gasteiger partial charge in [-0.15, -0.1) is 0 Å². The summed E-state index contributed by atoms with van der Waals surface area (Å²) in [5, 5.41) is 4.60. The first kappa shape index (κ1) is 13.9. The number of nitrogens with one attached hydrogen (secondary N) is 1. The number of halogens is 1. The minimum Gasteiger partial charge on any atom is -0.307 e. The number of rotatable bonds is 4. The Morgan fingerprint density at radius 1 is 1.28 bits per heavy atom. The molecule has 0 radical (unpaired) electrons. The molecule has 1 saturated carbocycles. The molecule has 0 amide bonds. The number of hydrogen-bond donors (Lipinski definition) is 1. The molecule has 0 aliphatic heterocycles. The van der Waals surface area contributed by atoms with Gasteiger partial charge in [-0.25, -0.2) is 0 Å². The van der Waals surface area contributed by atoms with Crippen molar-refractivity contribution in [3.8, 4) is 0 Å². The van der Waals surface area contributed by atoms with Crippen LogP contribution in [0.2, 0.25) is 5.02 Å². The zero-order chi connectivity index (χ0) is 13.1. The molecule has 0 spiro atoms. The SMILES string of the molecule is CCC1CCC(NC(C)c2ccc(Cl)cc2)C1C. The van der Waals surface area contributed by atoms with Crippen LogP contribution in [0.1, 0.15) is 51.6 Å². The van der Waals surface area contributed by atoms with E-state index in [1.807, 2.05) is 12.1 Å². The molecule has 4 unspecified atom stereocenters. The van der Waals surface area contributed by atoms with E-state index in [4.69, 9.17) is 11.6 Å². The van der Waals surface area contributed by atoms with Gasteiger partial charge in [0.25, 0.3) is 0 Å². The fourth-order valence-corrected chi connectivity index (χ4v) is 3.35. The fourth-order valence-electron chi connectivity index (χ4n) is 3.23. The van der Waals surface area contributed by atoms with Crippen LogP contribution in [0.25, 0.3) is 0 Å².